The third kappa shape index (κ3) is 2.71. The molecule has 0 saturated carbocycles. The molecular weight excluding hydrogens is 335 g/mol. The average molecular weight is 348 g/mol. The van der Waals surface area contributed by atoms with Crippen molar-refractivity contribution >= 4 is 34.8 Å². The largest absolute Gasteiger partial charge is 0.402 e. The van der Waals surface area contributed by atoms with Gasteiger partial charge in [0, 0.05) is 29.6 Å². The number of cyclic esters (lactones) is 1. The van der Waals surface area contributed by atoms with E-state index in [0.717, 1.165) is 10.9 Å². The number of hydrogen-bond donors (Lipinski definition) is 0. The van der Waals surface area contributed by atoms with E-state index in [2.05, 4.69) is 4.99 Å². The molecule has 0 atom stereocenters. The summed E-state index contributed by atoms with van der Waals surface area (Å²) >= 11 is 0. The van der Waals surface area contributed by atoms with Gasteiger partial charge >= 0.3 is 5.97 Å². The van der Waals surface area contributed by atoms with Crippen LogP contribution < -0.4 is 0 Å². The Morgan fingerprint density at radius 1 is 1.19 bits per heavy atom. The van der Waals surface area contributed by atoms with Gasteiger partial charge in [-0.05, 0) is 30.3 Å². The van der Waals surface area contributed by atoms with E-state index in [1.165, 1.54) is 29.7 Å². The van der Waals surface area contributed by atoms with E-state index in [-0.39, 0.29) is 17.5 Å². The molecule has 128 valence electrons. The number of esters is 1. The standard InChI is InChI=1S/C20H13FN2O3/c1-12(24)23-11-14(16-7-2-3-8-18(16)23)10-17-20(25)26-19(22-17)13-5-4-6-15(21)9-13/h2-11H,1H3/b17-10-. The molecule has 0 aliphatic carbocycles. The summed E-state index contributed by atoms with van der Waals surface area (Å²) in [6, 6.07) is 13.0. The zero-order valence-corrected chi connectivity index (χ0v) is 13.8. The quantitative estimate of drug-likeness (QED) is 0.523. The molecule has 1 aliphatic rings. The van der Waals surface area contributed by atoms with Gasteiger partial charge in [0.2, 0.25) is 11.8 Å². The van der Waals surface area contributed by atoms with Gasteiger partial charge in [-0.25, -0.2) is 14.2 Å². The number of rotatable bonds is 2. The summed E-state index contributed by atoms with van der Waals surface area (Å²) in [5.74, 6) is -1.15. The van der Waals surface area contributed by atoms with Crippen molar-refractivity contribution in [1.82, 2.24) is 4.57 Å². The van der Waals surface area contributed by atoms with E-state index in [1.807, 2.05) is 24.3 Å². The molecule has 0 bridgehead atoms. The first-order valence-corrected chi connectivity index (χ1v) is 7.92. The summed E-state index contributed by atoms with van der Waals surface area (Å²) in [5.41, 5.74) is 1.89. The molecule has 0 saturated heterocycles. The Balaban J connectivity index is 1.80. The van der Waals surface area contributed by atoms with Crippen LogP contribution in [-0.2, 0) is 9.53 Å². The van der Waals surface area contributed by atoms with Crippen LogP contribution in [0, 0.1) is 5.82 Å². The molecule has 3 aromatic rings. The maximum Gasteiger partial charge on any atom is 0.363 e. The lowest BCUT2D eigenvalue weighted by atomic mass is 10.1. The Morgan fingerprint density at radius 3 is 2.77 bits per heavy atom. The van der Waals surface area contributed by atoms with Crippen molar-refractivity contribution in [2.75, 3.05) is 0 Å². The van der Waals surface area contributed by atoms with Crippen molar-refractivity contribution < 1.29 is 18.7 Å². The molecule has 26 heavy (non-hydrogen) atoms. The van der Waals surface area contributed by atoms with Gasteiger partial charge in [-0.1, -0.05) is 24.3 Å². The lowest BCUT2D eigenvalue weighted by molar-refractivity contribution is -0.129. The van der Waals surface area contributed by atoms with Gasteiger partial charge in [0.25, 0.3) is 0 Å². The van der Waals surface area contributed by atoms with Crippen LogP contribution in [0.15, 0.2) is 65.4 Å². The monoisotopic (exact) mass is 348 g/mol. The third-order valence-corrected chi connectivity index (χ3v) is 4.07. The molecule has 0 amide bonds. The minimum atomic E-state index is -0.621. The molecule has 2 heterocycles. The second-order valence-corrected chi connectivity index (χ2v) is 5.84. The van der Waals surface area contributed by atoms with E-state index in [0.29, 0.717) is 11.1 Å². The molecule has 0 fully saturated rings. The van der Waals surface area contributed by atoms with Crippen LogP contribution in [-0.4, -0.2) is 22.3 Å². The Kier molecular flexibility index (Phi) is 3.73. The number of ether oxygens (including phenoxy) is 1. The van der Waals surface area contributed by atoms with Crippen LogP contribution in [0.25, 0.3) is 17.0 Å². The minimum Gasteiger partial charge on any atom is -0.402 e. The van der Waals surface area contributed by atoms with Crippen molar-refractivity contribution in [3.63, 3.8) is 0 Å². The first-order chi connectivity index (χ1) is 12.5. The number of aliphatic imine (C=N–C) groups is 1. The molecule has 1 aliphatic heterocycles. The van der Waals surface area contributed by atoms with Crippen LogP contribution in [0.3, 0.4) is 0 Å². The second-order valence-electron chi connectivity index (χ2n) is 5.84. The summed E-state index contributed by atoms with van der Waals surface area (Å²) in [5, 5.41) is 0.817. The van der Waals surface area contributed by atoms with E-state index in [1.54, 1.807) is 18.3 Å². The summed E-state index contributed by atoms with van der Waals surface area (Å²) in [4.78, 5) is 28.2. The number of halogens is 1. The van der Waals surface area contributed by atoms with E-state index in [9.17, 15) is 14.0 Å². The fourth-order valence-corrected chi connectivity index (χ4v) is 2.88. The van der Waals surface area contributed by atoms with Gasteiger partial charge in [0.1, 0.15) is 5.82 Å². The van der Waals surface area contributed by atoms with Gasteiger partial charge in [0.15, 0.2) is 5.70 Å². The van der Waals surface area contributed by atoms with Crippen molar-refractivity contribution in [2.24, 2.45) is 4.99 Å². The highest BCUT2D eigenvalue weighted by atomic mass is 19.1. The predicted octanol–water partition coefficient (Wildman–Crippen LogP) is 3.79. The molecule has 0 N–H and O–H groups in total. The van der Waals surface area contributed by atoms with Crippen molar-refractivity contribution in [3.8, 4) is 0 Å². The lowest BCUT2D eigenvalue weighted by Crippen LogP contribution is -2.05. The molecule has 6 heteroatoms. The van der Waals surface area contributed by atoms with Crippen LogP contribution in [0.2, 0.25) is 0 Å². The SMILES string of the molecule is CC(=O)n1cc(/C=C2\N=C(c3cccc(F)c3)OC2=O)c2ccccc21. The van der Waals surface area contributed by atoms with Crippen LogP contribution in [0.5, 0.6) is 0 Å². The summed E-state index contributed by atoms with van der Waals surface area (Å²) in [6.45, 7) is 1.47. The first-order valence-electron chi connectivity index (χ1n) is 7.92. The zero-order valence-electron chi connectivity index (χ0n) is 13.8. The van der Waals surface area contributed by atoms with Gasteiger partial charge < -0.3 is 4.74 Å². The Bertz CT molecular complexity index is 1130. The molecule has 5 nitrogen and oxygen atoms in total. The lowest BCUT2D eigenvalue weighted by Gasteiger charge is -1.98. The molecule has 1 aromatic heterocycles. The molecule has 4 rings (SSSR count). The number of para-hydroxylation sites is 1. The normalized spacial score (nSPS) is 15.4. The summed E-state index contributed by atoms with van der Waals surface area (Å²) in [7, 11) is 0. The van der Waals surface area contributed by atoms with E-state index < -0.39 is 11.8 Å². The smallest absolute Gasteiger partial charge is 0.363 e. The highest BCUT2D eigenvalue weighted by Gasteiger charge is 2.25. The van der Waals surface area contributed by atoms with Crippen LogP contribution in [0.1, 0.15) is 22.8 Å². The highest BCUT2D eigenvalue weighted by molar-refractivity contribution is 6.13. The number of aromatic nitrogens is 1. The van der Waals surface area contributed by atoms with Gasteiger partial charge in [-0.15, -0.1) is 0 Å². The topological polar surface area (TPSA) is 60.7 Å². The second kappa shape index (κ2) is 6.07. The number of hydrogen-bond acceptors (Lipinski definition) is 4. The maximum atomic E-state index is 13.4. The number of nitrogens with zero attached hydrogens (tertiary/aromatic N) is 2. The minimum absolute atomic E-state index is 0.0519. The Morgan fingerprint density at radius 2 is 2.00 bits per heavy atom. The Labute approximate surface area is 148 Å². The van der Waals surface area contributed by atoms with E-state index in [4.69, 9.17) is 4.74 Å². The number of carbonyl (C=O) groups excluding carboxylic acids is 2. The predicted molar refractivity (Wildman–Crippen MR) is 95.2 cm³/mol. The number of benzene rings is 2. The Hall–Kier alpha value is -3.54. The first kappa shape index (κ1) is 16.0. The highest BCUT2D eigenvalue weighted by Crippen LogP contribution is 2.26. The molecule has 0 radical (unpaired) electrons. The van der Waals surface area contributed by atoms with Crippen molar-refractivity contribution in [2.45, 2.75) is 6.92 Å². The van der Waals surface area contributed by atoms with Crippen molar-refractivity contribution in [1.29, 1.82) is 0 Å². The molecular formula is C20H13FN2O3. The fraction of sp³-hybridized carbons (Fsp3) is 0.0500. The number of carbonyl (C=O) groups is 2. The number of fused-ring (bicyclic) bond motifs is 1. The van der Waals surface area contributed by atoms with Gasteiger partial charge in [-0.3, -0.25) is 9.36 Å². The summed E-state index contributed by atoms with van der Waals surface area (Å²) in [6.07, 6.45) is 3.22. The van der Waals surface area contributed by atoms with Crippen LogP contribution in [0.4, 0.5) is 4.39 Å². The average Bonchev–Trinajstić information content (AvgIpc) is 3.17. The fourth-order valence-electron chi connectivity index (χ4n) is 2.88. The molecule has 0 unspecified atom stereocenters. The van der Waals surface area contributed by atoms with Gasteiger partial charge in [0.05, 0.1) is 5.52 Å². The van der Waals surface area contributed by atoms with Gasteiger partial charge in [-0.2, -0.15) is 0 Å². The van der Waals surface area contributed by atoms with E-state index >= 15 is 0 Å². The molecule has 2 aromatic carbocycles. The maximum absolute atomic E-state index is 13.4. The zero-order chi connectivity index (χ0) is 18.3. The van der Waals surface area contributed by atoms with Crippen LogP contribution >= 0.6 is 0 Å². The molecule has 0 spiro atoms. The third-order valence-electron chi connectivity index (χ3n) is 4.07. The van der Waals surface area contributed by atoms with Crippen molar-refractivity contribution in [3.05, 3.63) is 77.4 Å². The summed E-state index contributed by atoms with van der Waals surface area (Å²) < 4.78 is 20.0.